The van der Waals surface area contributed by atoms with Gasteiger partial charge < -0.3 is 14.8 Å². The van der Waals surface area contributed by atoms with Crippen LogP contribution in [0.25, 0.3) is 11.8 Å². The van der Waals surface area contributed by atoms with Gasteiger partial charge in [-0.05, 0) is 35.9 Å². The second-order valence-electron chi connectivity index (χ2n) is 7.11. The van der Waals surface area contributed by atoms with E-state index in [1.165, 1.54) is 0 Å². The van der Waals surface area contributed by atoms with Crippen molar-refractivity contribution in [2.24, 2.45) is 0 Å². The third kappa shape index (κ3) is 5.26. The topological polar surface area (TPSA) is 65.4 Å². The summed E-state index contributed by atoms with van der Waals surface area (Å²) in [6.45, 7) is 0.0794. The van der Waals surface area contributed by atoms with Crippen LogP contribution < -0.4 is 14.8 Å². The minimum absolute atomic E-state index is 0.0307. The Hall–Kier alpha value is -3.31. The Kier molecular flexibility index (Phi) is 6.94. The molecule has 1 N–H and O–H groups in total. The fourth-order valence-electron chi connectivity index (χ4n) is 3.25. The second-order valence-corrected chi connectivity index (χ2v) is 8.83. The largest absolute Gasteiger partial charge is 0.497 e. The van der Waals surface area contributed by atoms with Crippen LogP contribution >= 0.6 is 24.0 Å². The molecular weight excluding hydrogens is 487 g/mol. The highest BCUT2D eigenvalue weighted by Crippen LogP contribution is 2.40. The van der Waals surface area contributed by atoms with E-state index in [9.17, 15) is 18.0 Å². The van der Waals surface area contributed by atoms with E-state index in [1.54, 1.807) is 49.6 Å². The molecule has 6 nitrogen and oxygen atoms in total. The highest BCUT2D eigenvalue weighted by atomic mass is 32.2. The van der Waals surface area contributed by atoms with Gasteiger partial charge in [-0.1, -0.05) is 54.3 Å². The van der Waals surface area contributed by atoms with E-state index in [0.29, 0.717) is 17.9 Å². The number of ether oxygens (including phenoxy) is 2. The number of benzene rings is 2. The second kappa shape index (κ2) is 9.90. The van der Waals surface area contributed by atoms with Crippen LogP contribution in [0, 0.1) is 0 Å². The van der Waals surface area contributed by atoms with Crippen molar-refractivity contribution in [3.63, 3.8) is 0 Å². The lowest BCUT2D eigenvalue weighted by molar-refractivity contribution is -0.141. The van der Waals surface area contributed by atoms with Gasteiger partial charge in [0.25, 0.3) is 5.91 Å². The van der Waals surface area contributed by atoms with Crippen molar-refractivity contribution in [3.8, 4) is 17.3 Å². The number of nitrogens with one attached hydrogen (secondary N) is 1. The molecular formula is C23H18F3N3O3S2. The Morgan fingerprint density at radius 2 is 1.85 bits per heavy atom. The van der Waals surface area contributed by atoms with Crippen molar-refractivity contribution in [2.75, 3.05) is 13.7 Å². The summed E-state index contributed by atoms with van der Waals surface area (Å²) in [7, 11) is 1.56. The number of para-hydroxylation sites is 1. The first-order chi connectivity index (χ1) is 16.3. The van der Waals surface area contributed by atoms with Crippen LogP contribution in [0.15, 0.2) is 59.5 Å². The summed E-state index contributed by atoms with van der Waals surface area (Å²) in [6, 6.07) is 15.6. The quantitative estimate of drug-likeness (QED) is 0.360. The molecule has 3 aromatic rings. The van der Waals surface area contributed by atoms with Crippen molar-refractivity contribution < 1.29 is 27.4 Å². The van der Waals surface area contributed by atoms with Gasteiger partial charge in [0.2, 0.25) is 5.88 Å². The van der Waals surface area contributed by atoms with Gasteiger partial charge in [0.15, 0.2) is 5.69 Å². The summed E-state index contributed by atoms with van der Waals surface area (Å²) in [5, 5.41) is 6.22. The number of halogens is 3. The number of aromatic nitrogens is 2. The molecule has 0 unspecified atom stereocenters. The number of hydrogen-bond donors (Lipinski definition) is 1. The maximum atomic E-state index is 14.0. The van der Waals surface area contributed by atoms with Crippen LogP contribution in [0.1, 0.15) is 16.8 Å². The standard InChI is InChI=1S/C23H18F3N3O3S2/c1-31-16-9-7-14(8-10-16)11-12-32-21-17(13-18-20(30)27-22(33)34-18)19(23(24,25)26)28-29(21)15-5-3-2-4-6-15/h2-10,13H,11-12H2,1H3,(H,27,30,33)/b18-13-. The summed E-state index contributed by atoms with van der Waals surface area (Å²) >= 11 is 5.85. The molecule has 2 aromatic carbocycles. The van der Waals surface area contributed by atoms with E-state index in [-0.39, 0.29) is 27.3 Å². The van der Waals surface area contributed by atoms with E-state index in [0.717, 1.165) is 28.1 Å². The molecule has 1 aliphatic heterocycles. The molecule has 0 saturated carbocycles. The Balaban J connectivity index is 1.74. The highest BCUT2D eigenvalue weighted by molar-refractivity contribution is 8.26. The number of thioether (sulfide) groups is 1. The van der Waals surface area contributed by atoms with Crippen molar-refractivity contribution >= 4 is 40.3 Å². The number of amides is 1. The summed E-state index contributed by atoms with van der Waals surface area (Å²) in [5.74, 6) is 0.00586. The van der Waals surface area contributed by atoms with Crippen molar-refractivity contribution in [1.29, 1.82) is 0 Å². The average molecular weight is 506 g/mol. The summed E-state index contributed by atoms with van der Waals surface area (Å²) in [6.07, 6.45) is -3.22. The summed E-state index contributed by atoms with van der Waals surface area (Å²) < 4.78 is 54.2. The number of hydrogen-bond acceptors (Lipinski definition) is 6. The van der Waals surface area contributed by atoms with Crippen molar-refractivity contribution in [1.82, 2.24) is 15.1 Å². The maximum Gasteiger partial charge on any atom is 0.435 e. The van der Waals surface area contributed by atoms with Crippen molar-refractivity contribution in [2.45, 2.75) is 12.6 Å². The van der Waals surface area contributed by atoms with E-state index < -0.39 is 17.8 Å². The Labute approximate surface area is 202 Å². The number of carbonyl (C=O) groups excluding carboxylic acids is 1. The van der Waals surface area contributed by atoms with Crippen LogP contribution in [-0.4, -0.2) is 33.7 Å². The lowest BCUT2D eigenvalue weighted by Gasteiger charge is -2.11. The Bertz CT molecular complexity index is 1240. The van der Waals surface area contributed by atoms with Gasteiger partial charge >= 0.3 is 6.18 Å². The lowest BCUT2D eigenvalue weighted by Crippen LogP contribution is -2.17. The Morgan fingerprint density at radius 1 is 1.15 bits per heavy atom. The molecule has 1 amide bonds. The van der Waals surface area contributed by atoms with Crippen molar-refractivity contribution in [3.05, 3.63) is 76.3 Å². The summed E-state index contributed by atoms with van der Waals surface area (Å²) in [4.78, 5) is 12.2. The van der Waals surface area contributed by atoms with Gasteiger partial charge in [-0.25, -0.2) is 0 Å². The average Bonchev–Trinajstić information content (AvgIpc) is 3.34. The molecule has 0 bridgehead atoms. The van der Waals surface area contributed by atoms with Gasteiger partial charge in [0.05, 0.1) is 29.9 Å². The SMILES string of the molecule is COc1ccc(CCOc2c(/C=C3\SC(=S)NC3=O)c(C(F)(F)F)nn2-c2ccccc2)cc1. The van der Waals surface area contributed by atoms with Crippen LogP contribution in [0.2, 0.25) is 0 Å². The molecule has 4 rings (SSSR count). The molecule has 1 aliphatic rings. The number of thiocarbonyl (C=S) groups is 1. The molecule has 11 heteroatoms. The third-order valence-corrected chi connectivity index (χ3v) is 6.02. The first-order valence-corrected chi connectivity index (χ1v) is 11.2. The number of alkyl halides is 3. The van der Waals surface area contributed by atoms with E-state index in [2.05, 4.69) is 10.4 Å². The third-order valence-electron chi connectivity index (χ3n) is 4.85. The van der Waals surface area contributed by atoms with Gasteiger partial charge in [0.1, 0.15) is 10.1 Å². The number of nitrogens with zero attached hydrogens (tertiary/aromatic N) is 2. The predicted molar refractivity (Wildman–Crippen MR) is 127 cm³/mol. The van der Waals surface area contributed by atoms with Gasteiger partial charge in [-0.3, -0.25) is 4.79 Å². The highest BCUT2D eigenvalue weighted by Gasteiger charge is 2.40. The minimum Gasteiger partial charge on any atom is -0.497 e. The lowest BCUT2D eigenvalue weighted by atomic mass is 10.1. The molecule has 2 heterocycles. The van der Waals surface area contributed by atoms with Crippen LogP contribution in [0.5, 0.6) is 11.6 Å². The van der Waals surface area contributed by atoms with Crippen LogP contribution in [0.4, 0.5) is 13.2 Å². The molecule has 0 spiro atoms. The van der Waals surface area contributed by atoms with Gasteiger partial charge in [-0.2, -0.15) is 23.0 Å². The molecule has 1 fully saturated rings. The zero-order valence-corrected chi connectivity index (χ0v) is 19.4. The number of methoxy groups -OCH3 is 1. The van der Waals surface area contributed by atoms with Gasteiger partial charge in [-0.15, -0.1) is 0 Å². The number of rotatable bonds is 7. The molecule has 1 aromatic heterocycles. The zero-order chi connectivity index (χ0) is 24.3. The predicted octanol–water partition coefficient (Wildman–Crippen LogP) is 5.01. The Morgan fingerprint density at radius 3 is 2.44 bits per heavy atom. The first kappa shape index (κ1) is 23.8. The smallest absolute Gasteiger partial charge is 0.435 e. The molecule has 0 atom stereocenters. The fourth-order valence-corrected chi connectivity index (χ4v) is 4.27. The van der Waals surface area contributed by atoms with E-state index in [1.807, 2.05) is 12.1 Å². The first-order valence-electron chi connectivity index (χ1n) is 10.0. The normalized spacial score (nSPS) is 15.0. The van der Waals surface area contributed by atoms with Crippen LogP contribution in [-0.2, 0) is 17.4 Å². The van der Waals surface area contributed by atoms with Crippen LogP contribution in [0.3, 0.4) is 0 Å². The van der Waals surface area contributed by atoms with E-state index in [4.69, 9.17) is 21.7 Å². The molecule has 176 valence electrons. The zero-order valence-electron chi connectivity index (χ0n) is 17.8. The summed E-state index contributed by atoms with van der Waals surface area (Å²) in [5.41, 5.74) is -0.197. The van der Waals surface area contributed by atoms with Gasteiger partial charge in [0, 0.05) is 6.42 Å². The monoisotopic (exact) mass is 505 g/mol. The molecule has 34 heavy (non-hydrogen) atoms. The molecule has 0 radical (unpaired) electrons. The molecule has 0 aliphatic carbocycles. The molecule has 1 saturated heterocycles. The maximum absolute atomic E-state index is 14.0. The van der Waals surface area contributed by atoms with E-state index >= 15 is 0 Å². The number of carbonyl (C=O) groups is 1. The minimum atomic E-state index is -4.78. The fraction of sp³-hybridized carbons (Fsp3) is 0.174.